The molecule has 1 heterocycles. The van der Waals surface area contributed by atoms with Gasteiger partial charge in [-0.15, -0.1) is 11.3 Å². The van der Waals surface area contributed by atoms with Gasteiger partial charge in [0.15, 0.2) is 0 Å². The minimum atomic E-state index is -0.858. The van der Waals surface area contributed by atoms with Crippen LogP contribution in [0.2, 0.25) is 5.02 Å². The molecule has 5 heteroatoms. The van der Waals surface area contributed by atoms with Gasteiger partial charge in [0.25, 0.3) is 0 Å². The molecule has 0 unspecified atom stereocenters. The van der Waals surface area contributed by atoms with Crippen molar-refractivity contribution in [1.82, 2.24) is 4.98 Å². The second-order valence-corrected chi connectivity index (χ2v) is 7.72. The number of aromatic nitrogens is 1. The van der Waals surface area contributed by atoms with E-state index in [9.17, 15) is 4.79 Å². The normalized spacial score (nSPS) is 15.1. The summed E-state index contributed by atoms with van der Waals surface area (Å²) in [6.45, 7) is 0. The summed E-state index contributed by atoms with van der Waals surface area (Å²) < 4.78 is 0. The first-order valence-electron chi connectivity index (χ1n) is 8.06. The Labute approximate surface area is 154 Å². The first-order valence-corrected chi connectivity index (χ1v) is 9.32. The van der Waals surface area contributed by atoms with E-state index in [1.165, 1.54) is 11.1 Å². The van der Waals surface area contributed by atoms with E-state index in [1.807, 2.05) is 23.6 Å². The van der Waals surface area contributed by atoms with Crippen molar-refractivity contribution in [2.75, 3.05) is 0 Å². The topological polar surface area (TPSA) is 50.2 Å². The standard InChI is InChI=1S/C20H16ClNO2S/c21-16-7-3-6-15(8-16)20(10-13-4-1-2-5-14(13)11-20)19-22-17(12-25-19)9-18(23)24/h1-8,12H,9-11H2,(H,23,24). The quantitative estimate of drug-likeness (QED) is 0.736. The van der Waals surface area contributed by atoms with Crippen LogP contribution in [-0.4, -0.2) is 16.1 Å². The molecule has 1 aromatic heterocycles. The molecule has 0 fully saturated rings. The van der Waals surface area contributed by atoms with Crippen LogP contribution in [0.1, 0.15) is 27.4 Å². The molecular formula is C20H16ClNO2S. The van der Waals surface area contributed by atoms with Crippen LogP contribution in [0.25, 0.3) is 0 Å². The van der Waals surface area contributed by atoms with Gasteiger partial charge in [0.2, 0.25) is 0 Å². The highest BCUT2D eigenvalue weighted by Gasteiger charge is 2.42. The second kappa shape index (κ2) is 6.28. The average molecular weight is 370 g/mol. The SMILES string of the molecule is O=C(O)Cc1csc(C2(c3cccc(Cl)c3)Cc3ccccc3C2)n1. The number of carbonyl (C=O) groups is 1. The molecule has 4 rings (SSSR count). The van der Waals surface area contributed by atoms with E-state index in [0.29, 0.717) is 10.7 Å². The van der Waals surface area contributed by atoms with E-state index >= 15 is 0 Å². The lowest BCUT2D eigenvalue weighted by Gasteiger charge is -2.27. The van der Waals surface area contributed by atoms with Gasteiger partial charge in [0.1, 0.15) is 5.01 Å². The Bertz CT molecular complexity index is 925. The number of aliphatic carboxylic acids is 1. The third-order valence-electron chi connectivity index (χ3n) is 4.77. The number of nitrogens with zero attached hydrogens (tertiary/aromatic N) is 1. The number of rotatable bonds is 4. The van der Waals surface area contributed by atoms with E-state index in [-0.39, 0.29) is 11.8 Å². The van der Waals surface area contributed by atoms with Gasteiger partial charge in [-0.2, -0.15) is 0 Å². The maximum atomic E-state index is 11.0. The molecule has 0 saturated heterocycles. The van der Waals surface area contributed by atoms with E-state index in [2.05, 4.69) is 35.3 Å². The van der Waals surface area contributed by atoms with E-state index in [4.69, 9.17) is 16.7 Å². The Morgan fingerprint density at radius 2 is 1.88 bits per heavy atom. The Kier molecular flexibility index (Phi) is 4.10. The highest BCUT2D eigenvalue weighted by molar-refractivity contribution is 7.09. The monoisotopic (exact) mass is 369 g/mol. The Balaban J connectivity index is 1.83. The summed E-state index contributed by atoms with van der Waals surface area (Å²) in [5.41, 5.74) is 4.10. The van der Waals surface area contributed by atoms with Gasteiger partial charge in [-0.3, -0.25) is 4.79 Å². The molecule has 3 aromatic rings. The van der Waals surface area contributed by atoms with E-state index in [1.54, 1.807) is 11.3 Å². The summed E-state index contributed by atoms with van der Waals surface area (Å²) >= 11 is 7.80. The van der Waals surface area contributed by atoms with Crippen LogP contribution in [0, 0.1) is 0 Å². The smallest absolute Gasteiger partial charge is 0.309 e. The number of hydrogen-bond acceptors (Lipinski definition) is 3. The minimum absolute atomic E-state index is 0.0466. The molecule has 0 saturated carbocycles. The van der Waals surface area contributed by atoms with Crippen LogP contribution >= 0.6 is 22.9 Å². The van der Waals surface area contributed by atoms with Crippen molar-refractivity contribution in [2.45, 2.75) is 24.7 Å². The van der Waals surface area contributed by atoms with Gasteiger partial charge in [-0.05, 0) is 41.7 Å². The van der Waals surface area contributed by atoms with Gasteiger partial charge in [-0.25, -0.2) is 4.98 Å². The number of carboxylic acid groups (broad SMARTS) is 1. The molecule has 0 bridgehead atoms. The summed E-state index contributed by atoms with van der Waals surface area (Å²) in [7, 11) is 0. The average Bonchev–Trinajstić information content (AvgIpc) is 3.19. The molecule has 0 atom stereocenters. The zero-order valence-corrected chi connectivity index (χ0v) is 15.0. The fourth-order valence-electron chi connectivity index (χ4n) is 3.64. The van der Waals surface area contributed by atoms with Crippen molar-refractivity contribution in [1.29, 1.82) is 0 Å². The molecule has 126 valence electrons. The lowest BCUT2D eigenvalue weighted by molar-refractivity contribution is -0.136. The van der Waals surface area contributed by atoms with Crippen molar-refractivity contribution in [3.05, 3.63) is 86.3 Å². The number of carboxylic acids is 1. The second-order valence-electron chi connectivity index (χ2n) is 6.43. The Hall–Kier alpha value is -2.17. The molecule has 1 aliphatic rings. The molecule has 0 amide bonds. The van der Waals surface area contributed by atoms with Crippen LogP contribution < -0.4 is 0 Å². The summed E-state index contributed by atoms with van der Waals surface area (Å²) in [4.78, 5) is 15.7. The predicted octanol–water partition coefficient (Wildman–Crippen LogP) is 4.51. The first-order chi connectivity index (χ1) is 12.1. The van der Waals surface area contributed by atoms with Crippen LogP contribution in [0.5, 0.6) is 0 Å². The molecule has 0 radical (unpaired) electrons. The van der Waals surface area contributed by atoms with Gasteiger partial charge in [0.05, 0.1) is 17.5 Å². The third-order valence-corrected chi connectivity index (χ3v) is 6.10. The molecule has 1 N–H and O–H groups in total. The van der Waals surface area contributed by atoms with Crippen molar-refractivity contribution >= 4 is 28.9 Å². The highest BCUT2D eigenvalue weighted by atomic mass is 35.5. The van der Waals surface area contributed by atoms with Crippen molar-refractivity contribution < 1.29 is 9.90 Å². The number of hydrogen-bond donors (Lipinski definition) is 1. The fourth-order valence-corrected chi connectivity index (χ4v) is 4.87. The number of fused-ring (bicyclic) bond motifs is 1. The molecule has 2 aromatic carbocycles. The van der Waals surface area contributed by atoms with Gasteiger partial charge < -0.3 is 5.11 Å². The maximum Gasteiger partial charge on any atom is 0.309 e. The van der Waals surface area contributed by atoms with Crippen LogP contribution in [0.3, 0.4) is 0 Å². The first kappa shape index (κ1) is 16.3. The molecular weight excluding hydrogens is 354 g/mol. The molecule has 0 aliphatic heterocycles. The molecule has 3 nitrogen and oxygen atoms in total. The van der Waals surface area contributed by atoms with E-state index < -0.39 is 5.97 Å². The van der Waals surface area contributed by atoms with Gasteiger partial charge in [-0.1, -0.05) is 48.0 Å². The highest BCUT2D eigenvalue weighted by Crippen LogP contribution is 2.46. The lowest BCUT2D eigenvalue weighted by atomic mass is 9.78. The van der Waals surface area contributed by atoms with Crippen LogP contribution in [0.4, 0.5) is 0 Å². The zero-order valence-electron chi connectivity index (χ0n) is 13.4. The number of thiazole rings is 1. The summed E-state index contributed by atoms with van der Waals surface area (Å²) in [5, 5.41) is 12.6. The Morgan fingerprint density at radius 1 is 1.16 bits per heavy atom. The van der Waals surface area contributed by atoms with E-state index in [0.717, 1.165) is 23.4 Å². The van der Waals surface area contributed by atoms with Crippen molar-refractivity contribution in [3.8, 4) is 0 Å². The third kappa shape index (κ3) is 2.96. The number of halogens is 1. The lowest BCUT2D eigenvalue weighted by Crippen LogP contribution is -2.28. The fraction of sp³-hybridized carbons (Fsp3) is 0.200. The maximum absolute atomic E-state index is 11.0. The van der Waals surface area contributed by atoms with Crippen LogP contribution in [0.15, 0.2) is 53.9 Å². The molecule has 0 spiro atoms. The predicted molar refractivity (Wildman–Crippen MR) is 99.5 cm³/mol. The van der Waals surface area contributed by atoms with Gasteiger partial charge >= 0.3 is 5.97 Å². The summed E-state index contributed by atoms with van der Waals surface area (Å²) in [6.07, 6.45) is 1.65. The summed E-state index contributed by atoms with van der Waals surface area (Å²) in [6, 6.07) is 16.4. The van der Waals surface area contributed by atoms with Gasteiger partial charge in [0, 0.05) is 10.4 Å². The van der Waals surface area contributed by atoms with Crippen molar-refractivity contribution in [3.63, 3.8) is 0 Å². The molecule has 1 aliphatic carbocycles. The zero-order chi connectivity index (χ0) is 17.4. The molecule has 25 heavy (non-hydrogen) atoms. The minimum Gasteiger partial charge on any atom is -0.481 e. The van der Waals surface area contributed by atoms with Crippen LogP contribution in [-0.2, 0) is 29.5 Å². The largest absolute Gasteiger partial charge is 0.481 e. The van der Waals surface area contributed by atoms with Crippen molar-refractivity contribution in [2.24, 2.45) is 0 Å². The Morgan fingerprint density at radius 3 is 2.52 bits per heavy atom. The number of benzene rings is 2. The summed E-state index contributed by atoms with van der Waals surface area (Å²) in [5.74, 6) is -0.858.